The summed E-state index contributed by atoms with van der Waals surface area (Å²) in [5.74, 6) is -1.89. The number of hydrogen-bond acceptors (Lipinski definition) is 5. The van der Waals surface area contributed by atoms with Gasteiger partial charge in [-0.25, -0.2) is 10.2 Å². The number of amides is 1. The maximum absolute atomic E-state index is 12.1. The molecule has 1 unspecified atom stereocenters. The summed E-state index contributed by atoms with van der Waals surface area (Å²) in [5.41, 5.74) is 2.73. The summed E-state index contributed by atoms with van der Waals surface area (Å²) in [6.07, 6.45) is 1.44. The van der Waals surface area contributed by atoms with Crippen molar-refractivity contribution in [1.29, 1.82) is 0 Å². The van der Waals surface area contributed by atoms with Gasteiger partial charge in [-0.15, -0.1) is 0 Å². The summed E-state index contributed by atoms with van der Waals surface area (Å²) >= 11 is 0. The van der Waals surface area contributed by atoms with Gasteiger partial charge in [0.25, 0.3) is 5.91 Å². The third-order valence-corrected chi connectivity index (χ3v) is 2.20. The molecule has 7 nitrogen and oxygen atoms in total. The van der Waals surface area contributed by atoms with Crippen LogP contribution in [0.1, 0.15) is 17.4 Å². The molecule has 1 atom stereocenters. The maximum atomic E-state index is 12.1. The van der Waals surface area contributed by atoms with Crippen LogP contribution in [0.3, 0.4) is 0 Å². The molecular weight excluding hydrogens is 238 g/mol. The zero-order chi connectivity index (χ0) is 13.5. The Kier molecular flexibility index (Phi) is 5.22. The minimum atomic E-state index is -1.35. The predicted octanol–water partition coefficient (Wildman–Crippen LogP) is -0.506. The molecule has 1 aromatic heterocycles. The highest BCUT2D eigenvalue weighted by molar-refractivity contribution is 5.94. The smallest absolute Gasteiger partial charge is 0.330 e. The fourth-order valence-electron chi connectivity index (χ4n) is 1.38. The standard InChI is InChI=1S/C11H15N3O4/c1-2-13-14(9(7-15)11(17)18)10(16)8-5-3-4-6-12-8/h3-6,9,13,15H,2,7H2,1H3,(H,17,18). The average molecular weight is 253 g/mol. The van der Waals surface area contributed by atoms with Crippen LogP contribution in [0.25, 0.3) is 0 Å². The number of aliphatic carboxylic acids is 1. The lowest BCUT2D eigenvalue weighted by atomic mass is 10.2. The number of hydrazine groups is 1. The van der Waals surface area contributed by atoms with Gasteiger partial charge in [0.15, 0.2) is 6.04 Å². The molecule has 0 fully saturated rings. The molecule has 1 aromatic rings. The number of pyridine rings is 1. The van der Waals surface area contributed by atoms with E-state index in [0.29, 0.717) is 6.54 Å². The normalized spacial score (nSPS) is 11.9. The van der Waals surface area contributed by atoms with E-state index in [9.17, 15) is 9.59 Å². The van der Waals surface area contributed by atoms with E-state index < -0.39 is 24.5 Å². The Labute approximate surface area is 104 Å². The second-order valence-electron chi connectivity index (χ2n) is 3.44. The van der Waals surface area contributed by atoms with Gasteiger partial charge in [0, 0.05) is 12.7 Å². The van der Waals surface area contributed by atoms with Crippen molar-refractivity contribution >= 4 is 11.9 Å². The lowest BCUT2D eigenvalue weighted by molar-refractivity contribution is -0.144. The molecule has 0 spiro atoms. The van der Waals surface area contributed by atoms with Crippen molar-refractivity contribution in [2.45, 2.75) is 13.0 Å². The van der Waals surface area contributed by atoms with Crippen LogP contribution in [0.4, 0.5) is 0 Å². The highest BCUT2D eigenvalue weighted by atomic mass is 16.4. The van der Waals surface area contributed by atoms with Gasteiger partial charge in [-0.05, 0) is 12.1 Å². The number of aliphatic hydroxyl groups excluding tert-OH is 1. The molecule has 0 bridgehead atoms. The Hall–Kier alpha value is -1.99. The minimum Gasteiger partial charge on any atom is -0.480 e. The molecule has 98 valence electrons. The molecule has 3 N–H and O–H groups in total. The molecule has 0 saturated carbocycles. The Morgan fingerprint density at radius 3 is 2.67 bits per heavy atom. The molecule has 0 saturated heterocycles. The molecular formula is C11H15N3O4. The predicted molar refractivity (Wildman–Crippen MR) is 62.6 cm³/mol. The largest absolute Gasteiger partial charge is 0.480 e. The first-order valence-corrected chi connectivity index (χ1v) is 5.43. The fraction of sp³-hybridized carbons (Fsp3) is 0.364. The summed E-state index contributed by atoms with van der Waals surface area (Å²) in [5, 5.41) is 18.9. The van der Waals surface area contributed by atoms with Gasteiger partial charge in [-0.3, -0.25) is 14.8 Å². The van der Waals surface area contributed by atoms with Gasteiger partial charge in [0.1, 0.15) is 5.69 Å². The van der Waals surface area contributed by atoms with Gasteiger partial charge in [-0.1, -0.05) is 13.0 Å². The van der Waals surface area contributed by atoms with E-state index in [1.807, 2.05) is 0 Å². The van der Waals surface area contributed by atoms with Gasteiger partial charge < -0.3 is 10.2 Å². The highest BCUT2D eigenvalue weighted by Crippen LogP contribution is 2.04. The molecule has 1 amide bonds. The summed E-state index contributed by atoms with van der Waals surface area (Å²) in [6, 6.07) is 3.40. The minimum absolute atomic E-state index is 0.109. The molecule has 0 aliphatic heterocycles. The lowest BCUT2D eigenvalue weighted by Crippen LogP contribution is -2.54. The molecule has 0 aliphatic rings. The second kappa shape index (κ2) is 6.67. The highest BCUT2D eigenvalue weighted by Gasteiger charge is 2.30. The van der Waals surface area contributed by atoms with E-state index in [0.717, 1.165) is 5.01 Å². The first-order valence-electron chi connectivity index (χ1n) is 5.43. The number of hydrogen-bond donors (Lipinski definition) is 3. The number of carboxylic acid groups (broad SMARTS) is 1. The Balaban J connectivity index is 2.97. The van der Waals surface area contributed by atoms with Crippen LogP contribution in [0.5, 0.6) is 0 Å². The zero-order valence-corrected chi connectivity index (χ0v) is 9.91. The molecule has 18 heavy (non-hydrogen) atoms. The van der Waals surface area contributed by atoms with E-state index in [-0.39, 0.29) is 5.69 Å². The van der Waals surface area contributed by atoms with E-state index in [4.69, 9.17) is 10.2 Å². The quantitative estimate of drug-likeness (QED) is 0.590. The second-order valence-corrected chi connectivity index (χ2v) is 3.44. The van der Waals surface area contributed by atoms with Crippen molar-refractivity contribution in [3.05, 3.63) is 30.1 Å². The van der Waals surface area contributed by atoms with Gasteiger partial charge in [-0.2, -0.15) is 0 Å². The Bertz CT molecular complexity index is 410. The van der Waals surface area contributed by atoms with Gasteiger partial charge >= 0.3 is 5.97 Å². The van der Waals surface area contributed by atoms with Crippen molar-refractivity contribution in [3.63, 3.8) is 0 Å². The molecule has 1 heterocycles. The van der Waals surface area contributed by atoms with Crippen LogP contribution in [-0.2, 0) is 4.79 Å². The van der Waals surface area contributed by atoms with Crippen molar-refractivity contribution in [3.8, 4) is 0 Å². The Morgan fingerprint density at radius 2 is 2.22 bits per heavy atom. The van der Waals surface area contributed by atoms with Crippen molar-refractivity contribution in [2.24, 2.45) is 0 Å². The van der Waals surface area contributed by atoms with Crippen LogP contribution < -0.4 is 5.43 Å². The summed E-state index contributed by atoms with van der Waals surface area (Å²) in [6.45, 7) is 1.39. The molecule has 0 aliphatic carbocycles. The van der Waals surface area contributed by atoms with Crippen LogP contribution in [0.2, 0.25) is 0 Å². The average Bonchev–Trinajstić information content (AvgIpc) is 2.38. The summed E-state index contributed by atoms with van der Waals surface area (Å²) in [7, 11) is 0. The summed E-state index contributed by atoms with van der Waals surface area (Å²) in [4.78, 5) is 26.9. The number of aliphatic hydroxyl groups is 1. The number of carbonyl (C=O) groups is 2. The van der Waals surface area contributed by atoms with Gasteiger partial charge in [0.2, 0.25) is 0 Å². The number of carboxylic acids is 1. The van der Waals surface area contributed by atoms with Crippen LogP contribution in [0.15, 0.2) is 24.4 Å². The first kappa shape index (κ1) is 14.1. The number of carbonyl (C=O) groups excluding carboxylic acids is 1. The third-order valence-electron chi connectivity index (χ3n) is 2.20. The topological polar surface area (TPSA) is 103 Å². The van der Waals surface area contributed by atoms with Crippen LogP contribution in [-0.4, -0.2) is 51.3 Å². The first-order chi connectivity index (χ1) is 8.61. The van der Waals surface area contributed by atoms with E-state index >= 15 is 0 Å². The maximum Gasteiger partial charge on any atom is 0.330 e. The van der Waals surface area contributed by atoms with E-state index in [1.165, 1.54) is 12.3 Å². The number of rotatable bonds is 6. The zero-order valence-electron chi connectivity index (χ0n) is 9.91. The number of aromatic nitrogens is 1. The number of nitrogens with one attached hydrogen (secondary N) is 1. The van der Waals surface area contributed by atoms with Crippen LogP contribution >= 0.6 is 0 Å². The molecule has 7 heteroatoms. The number of nitrogens with zero attached hydrogens (tertiary/aromatic N) is 2. The SMILES string of the molecule is CCNN(C(=O)c1ccccn1)C(CO)C(=O)O. The monoisotopic (exact) mass is 253 g/mol. The fourth-order valence-corrected chi connectivity index (χ4v) is 1.38. The van der Waals surface area contributed by atoms with E-state index in [1.54, 1.807) is 19.1 Å². The van der Waals surface area contributed by atoms with Crippen molar-refractivity contribution in [2.75, 3.05) is 13.2 Å². The molecule has 1 rings (SSSR count). The van der Waals surface area contributed by atoms with Gasteiger partial charge in [0.05, 0.1) is 6.61 Å². The van der Waals surface area contributed by atoms with Crippen LogP contribution in [0, 0.1) is 0 Å². The summed E-state index contributed by atoms with van der Waals surface area (Å²) < 4.78 is 0. The van der Waals surface area contributed by atoms with Crippen molar-refractivity contribution in [1.82, 2.24) is 15.4 Å². The third kappa shape index (κ3) is 3.25. The Morgan fingerprint density at radius 1 is 1.50 bits per heavy atom. The molecule has 0 aromatic carbocycles. The van der Waals surface area contributed by atoms with Crippen molar-refractivity contribution < 1.29 is 19.8 Å². The molecule has 0 radical (unpaired) electrons. The van der Waals surface area contributed by atoms with E-state index in [2.05, 4.69) is 10.4 Å². The lowest BCUT2D eigenvalue weighted by Gasteiger charge is -2.27.